The third kappa shape index (κ3) is 14.1. The van der Waals surface area contributed by atoms with Gasteiger partial charge in [0.1, 0.15) is 12.1 Å². The van der Waals surface area contributed by atoms with Crippen molar-refractivity contribution >= 4 is 35.0 Å². The van der Waals surface area contributed by atoms with Crippen LogP contribution in [0.4, 0.5) is 0 Å². The van der Waals surface area contributed by atoms with Crippen LogP contribution in [0.5, 0.6) is 0 Å². The van der Waals surface area contributed by atoms with E-state index in [2.05, 4.69) is 15.6 Å². The number of rotatable bonds is 22. The highest BCUT2D eigenvalue weighted by Gasteiger charge is 2.44. The second-order valence-corrected chi connectivity index (χ2v) is 15.8. The first-order valence-corrected chi connectivity index (χ1v) is 19.5. The van der Waals surface area contributed by atoms with Crippen molar-refractivity contribution in [2.75, 3.05) is 6.54 Å². The number of amides is 3. The van der Waals surface area contributed by atoms with Gasteiger partial charge in [-0.3, -0.25) is 19.2 Å². The summed E-state index contributed by atoms with van der Waals surface area (Å²) in [6.45, 7) is 8.03. The van der Waals surface area contributed by atoms with Crippen molar-refractivity contribution in [1.82, 2.24) is 20.5 Å². The number of carboxylic acids is 1. The first-order chi connectivity index (χ1) is 23.9. The second-order valence-electron chi connectivity index (χ2n) is 14.9. The number of nitrogens with one attached hydrogen (secondary N) is 2. The third-order valence-corrected chi connectivity index (χ3v) is 10.5. The van der Waals surface area contributed by atoms with Gasteiger partial charge in [0, 0.05) is 32.4 Å². The summed E-state index contributed by atoms with van der Waals surface area (Å²) in [5.74, 6) is -1.53. The molecule has 2 aromatic rings. The molecule has 3 unspecified atom stereocenters. The zero-order valence-corrected chi connectivity index (χ0v) is 31.5. The number of aliphatic carboxylic acids is 1. The van der Waals surface area contributed by atoms with E-state index in [1.807, 2.05) is 57.5 Å². The molecule has 1 aliphatic heterocycles. The maximum absolute atomic E-state index is 13.9. The Balaban J connectivity index is 1.36. The summed E-state index contributed by atoms with van der Waals surface area (Å²) < 4.78 is 0. The molecule has 0 saturated carbocycles. The van der Waals surface area contributed by atoms with Crippen molar-refractivity contribution in [2.24, 2.45) is 5.41 Å². The quantitative estimate of drug-likeness (QED) is 0.0947. The molecule has 1 aliphatic rings. The van der Waals surface area contributed by atoms with Gasteiger partial charge in [0.25, 0.3) is 0 Å². The first-order valence-electron chi connectivity index (χ1n) is 18.6. The van der Waals surface area contributed by atoms with Crippen LogP contribution < -0.4 is 10.6 Å². The molecule has 278 valence electrons. The Morgan fingerprint density at radius 1 is 0.880 bits per heavy atom. The number of carboxylic acid groups (broad SMARTS) is 1. The maximum atomic E-state index is 13.9. The molecule has 0 spiro atoms. The molecule has 3 amide bonds. The number of β-amino-alcohol motifs (C(OH)–C–C–N with tert-alkyl or cyclic N) is 1. The lowest BCUT2D eigenvalue weighted by Gasteiger charge is -2.35. The smallest absolute Gasteiger partial charge is 0.303 e. The Morgan fingerprint density at radius 2 is 1.42 bits per heavy atom. The fraction of sp³-hybridized carbons (Fsp3) is 0.667. The van der Waals surface area contributed by atoms with E-state index in [1.165, 1.54) is 43.4 Å². The minimum atomic E-state index is -0.817. The highest BCUT2D eigenvalue weighted by Crippen LogP contribution is 2.28. The monoisotopic (exact) mass is 712 g/mol. The number of thiazole rings is 1. The zero-order valence-electron chi connectivity index (χ0n) is 30.7. The number of aliphatic hydroxyl groups is 1. The van der Waals surface area contributed by atoms with E-state index in [9.17, 15) is 24.3 Å². The van der Waals surface area contributed by atoms with Gasteiger partial charge < -0.3 is 25.7 Å². The van der Waals surface area contributed by atoms with Gasteiger partial charge in [-0.05, 0) is 36.3 Å². The molecule has 1 aromatic carbocycles. The van der Waals surface area contributed by atoms with Crippen LogP contribution in [0.3, 0.4) is 0 Å². The Bertz CT molecular complexity index is 1360. The molecular weight excluding hydrogens is 653 g/mol. The van der Waals surface area contributed by atoms with E-state index in [0.29, 0.717) is 13.0 Å². The lowest BCUT2D eigenvalue weighted by molar-refractivity contribution is -0.144. The summed E-state index contributed by atoms with van der Waals surface area (Å²) in [4.78, 5) is 57.6. The number of aliphatic hydroxyl groups excluding tert-OH is 1. The van der Waals surface area contributed by atoms with E-state index in [-0.39, 0.29) is 37.1 Å². The van der Waals surface area contributed by atoms with Gasteiger partial charge in [-0.25, -0.2) is 4.98 Å². The molecule has 4 N–H and O–H groups in total. The molecule has 1 fully saturated rings. The minimum absolute atomic E-state index is 0.0524. The molecule has 0 bridgehead atoms. The molecule has 1 aromatic heterocycles. The van der Waals surface area contributed by atoms with Gasteiger partial charge in [0.15, 0.2) is 0 Å². The summed E-state index contributed by atoms with van der Waals surface area (Å²) in [7, 11) is 0. The van der Waals surface area contributed by atoms with E-state index < -0.39 is 29.6 Å². The van der Waals surface area contributed by atoms with E-state index in [0.717, 1.165) is 66.6 Å². The number of benzene rings is 1. The Hall–Kier alpha value is -3.31. The summed E-state index contributed by atoms with van der Waals surface area (Å²) in [5, 5.41) is 25.1. The standard InChI is InChI=1S/C39H60N4O6S/c1-28-35(50-27-41-28)30-22-20-29(21-23-30)25-40-37(48)32-24-31(44)26-43(32)38(49)36(39(2,3)4)42-33(45)18-16-14-12-10-8-6-5-7-9-11-13-15-17-19-34(46)47/h20-23,27,31-32,36,44H,5-19,24-26H2,1-4H3,(H,40,48)(H,42,45)(H,46,47). The summed E-state index contributed by atoms with van der Waals surface area (Å²) in [5.41, 5.74) is 4.22. The number of aryl methyl sites for hydroxylation is 1. The van der Waals surface area contributed by atoms with Crippen LogP contribution in [0.15, 0.2) is 29.8 Å². The van der Waals surface area contributed by atoms with Gasteiger partial charge in [0.2, 0.25) is 17.7 Å². The molecule has 10 nitrogen and oxygen atoms in total. The van der Waals surface area contributed by atoms with E-state index >= 15 is 0 Å². The number of likely N-dealkylation sites (tertiary alicyclic amines) is 1. The lowest BCUT2D eigenvalue weighted by atomic mass is 9.85. The van der Waals surface area contributed by atoms with Crippen LogP contribution in [0.1, 0.15) is 135 Å². The Labute approximate surface area is 302 Å². The average Bonchev–Trinajstić information content (AvgIpc) is 3.68. The largest absolute Gasteiger partial charge is 0.481 e. The summed E-state index contributed by atoms with van der Waals surface area (Å²) in [6, 6.07) is 6.32. The van der Waals surface area contributed by atoms with Gasteiger partial charge in [-0.2, -0.15) is 0 Å². The number of nitrogens with zero attached hydrogens (tertiary/aromatic N) is 2. The van der Waals surface area contributed by atoms with Gasteiger partial charge in [-0.15, -0.1) is 11.3 Å². The molecule has 3 rings (SSSR count). The van der Waals surface area contributed by atoms with E-state index in [1.54, 1.807) is 11.3 Å². The predicted molar refractivity (Wildman–Crippen MR) is 199 cm³/mol. The summed E-state index contributed by atoms with van der Waals surface area (Å²) in [6.07, 6.45) is 14.1. The normalized spacial score (nSPS) is 16.7. The average molecular weight is 713 g/mol. The number of carbonyl (C=O) groups is 4. The molecule has 0 radical (unpaired) electrons. The number of hydrogen-bond donors (Lipinski definition) is 4. The number of hydrogen-bond acceptors (Lipinski definition) is 7. The van der Waals surface area contributed by atoms with Crippen LogP contribution >= 0.6 is 11.3 Å². The van der Waals surface area contributed by atoms with Crippen LogP contribution in [-0.2, 0) is 25.7 Å². The number of unbranched alkanes of at least 4 members (excludes halogenated alkanes) is 12. The van der Waals surface area contributed by atoms with Gasteiger partial charge in [0.05, 0.1) is 22.2 Å². The zero-order chi connectivity index (χ0) is 36.5. The first kappa shape index (κ1) is 41.1. The van der Waals surface area contributed by atoms with Crippen LogP contribution in [0, 0.1) is 12.3 Å². The molecular formula is C39H60N4O6S. The molecule has 50 heavy (non-hydrogen) atoms. The highest BCUT2D eigenvalue weighted by atomic mass is 32.1. The molecule has 2 heterocycles. The predicted octanol–water partition coefficient (Wildman–Crippen LogP) is 7.16. The fourth-order valence-electron chi connectivity index (χ4n) is 6.52. The van der Waals surface area contributed by atoms with Crippen molar-refractivity contribution in [2.45, 2.75) is 155 Å². The van der Waals surface area contributed by atoms with Gasteiger partial charge in [-0.1, -0.05) is 116 Å². The molecule has 1 saturated heterocycles. The maximum Gasteiger partial charge on any atom is 0.303 e. The Kier molecular flexibility index (Phi) is 17.4. The van der Waals surface area contributed by atoms with Crippen LogP contribution in [0.25, 0.3) is 10.4 Å². The SMILES string of the molecule is Cc1ncsc1-c1ccc(CNC(=O)C2CC(O)CN2C(=O)C(NC(=O)CCCCCCCCCCCCCCCC(=O)O)C(C)(C)C)cc1. The third-order valence-electron chi connectivity index (χ3n) is 9.51. The second kappa shape index (κ2) is 21.1. The van der Waals surface area contributed by atoms with Crippen molar-refractivity contribution < 1.29 is 29.4 Å². The van der Waals surface area contributed by atoms with Crippen molar-refractivity contribution in [1.29, 1.82) is 0 Å². The molecule has 0 aliphatic carbocycles. The number of aromatic nitrogens is 1. The summed E-state index contributed by atoms with van der Waals surface area (Å²) >= 11 is 1.59. The highest BCUT2D eigenvalue weighted by molar-refractivity contribution is 7.13. The minimum Gasteiger partial charge on any atom is -0.481 e. The van der Waals surface area contributed by atoms with Crippen LogP contribution in [-0.4, -0.2) is 68.5 Å². The molecule has 11 heteroatoms. The number of carbonyl (C=O) groups excluding carboxylic acids is 3. The Morgan fingerprint density at radius 3 is 1.92 bits per heavy atom. The van der Waals surface area contributed by atoms with E-state index in [4.69, 9.17) is 5.11 Å². The lowest BCUT2D eigenvalue weighted by Crippen LogP contribution is -2.57. The van der Waals surface area contributed by atoms with Crippen molar-refractivity contribution in [3.8, 4) is 10.4 Å². The van der Waals surface area contributed by atoms with Gasteiger partial charge >= 0.3 is 5.97 Å². The fourth-order valence-corrected chi connectivity index (χ4v) is 7.33. The van der Waals surface area contributed by atoms with Crippen LogP contribution in [0.2, 0.25) is 0 Å². The van der Waals surface area contributed by atoms with Crippen molar-refractivity contribution in [3.05, 3.63) is 41.0 Å². The topological polar surface area (TPSA) is 149 Å². The molecule has 3 atom stereocenters. The van der Waals surface area contributed by atoms with Crippen molar-refractivity contribution in [3.63, 3.8) is 0 Å².